The molecule has 0 radical (unpaired) electrons. The number of carbonyl (C=O) groups excluding carboxylic acids is 3. The number of rotatable bonds is 5. The normalized spacial score (nSPS) is 10.6. The van der Waals surface area contributed by atoms with Crippen LogP contribution in [0.4, 0.5) is 14.9 Å². The van der Waals surface area contributed by atoms with E-state index >= 15 is 0 Å². The molecule has 0 saturated heterocycles. The Bertz CT molecular complexity index is 1090. The van der Waals surface area contributed by atoms with Crippen molar-refractivity contribution in [2.45, 2.75) is 20.3 Å². The standard InChI is InChI=1S/C21H19FN2O5/c1-12-7-8-15-14(10-29-20(15)13(12)2)9-19(26)28-11-18(25)24-21(27)23-17-6-4-3-5-16(17)22/h3-8,10H,9,11H2,1-2H3,(H2,23,24,25,27). The van der Waals surface area contributed by atoms with Crippen molar-refractivity contribution in [2.24, 2.45) is 0 Å². The van der Waals surface area contributed by atoms with Crippen LogP contribution in [-0.4, -0.2) is 24.5 Å². The molecule has 7 nitrogen and oxygen atoms in total. The van der Waals surface area contributed by atoms with Crippen molar-refractivity contribution in [3.05, 3.63) is 65.2 Å². The first kappa shape index (κ1) is 20.1. The highest BCUT2D eigenvalue weighted by atomic mass is 19.1. The minimum absolute atomic E-state index is 0.0767. The molecule has 0 spiro atoms. The number of halogens is 1. The molecule has 0 fully saturated rings. The maximum Gasteiger partial charge on any atom is 0.326 e. The molecular formula is C21H19FN2O5. The molecule has 150 valence electrons. The van der Waals surface area contributed by atoms with Crippen LogP contribution in [0, 0.1) is 19.7 Å². The third-order valence-corrected chi connectivity index (χ3v) is 4.42. The third kappa shape index (κ3) is 4.78. The molecule has 3 aromatic rings. The van der Waals surface area contributed by atoms with Gasteiger partial charge >= 0.3 is 12.0 Å². The number of aryl methyl sites for hydroxylation is 2. The summed E-state index contributed by atoms with van der Waals surface area (Å²) < 4.78 is 23.9. The number of urea groups is 1. The highest BCUT2D eigenvalue weighted by molar-refractivity contribution is 6.02. The summed E-state index contributed by atoms with van der Waals surface area (Å²) in [7, 11) is 0. The monoisotopic (exact) mass is 398 g/mol. The molecule has 0 aliphatic heterocycles. The van der Waals surface area contributed by atoms with Gasteiger partial charge in [0, 0.05) is 10.9 Å². The topological polar surface area (TPSA) is 97.6 Å². The number of amides is 3. The molecule has 1 aromatic heterocycles. The van der Waals surface area contributed by atoms with Gasteiger partial charge in [0.25, 0.3) is 5.91 Å². The van der Waals surface area contributed by atoms with Gasteiger partial charge in [-0.15, -0.1) is 0 Å². The number of para-hydroxylation sites is 1. The maximum atomic E-state index is 13.5. The molecule has 0 atom stereocenters. The Morgan fingerprint density at radius 3 is 2.62 bits per heavy atom. The molecule has 0 bridgehead atoms. The number of fused-ring (bicyclic) bond motifs is 1. The SMILES string of the molecule is Cc1ccc2c(CC(=O)OCC(=O)NC(=O)Nc3ccccc3F)coc2c1C. The van der Waals surface area contributed by atoms with Crippen LogP contribution in [-0.2, 0) is 20.7 Å². The first-order valence-electron chi connectivity index (χ1n) is 8.82. The quantitative estimate of drug-likeness (QED) is 0.640. The van der Waals surface area contributed by atoms with Gasteiger partial charge in [0.05, 0.1) is 18.4 Å². The van der Waals surface area contributed by atoms with Gasteiger partial charge in [-0.2, -0.15) is 0 Å². The van der Waals surface area contributed by atoms with E-state index in [0.717, 1.165) is 16.5 Å². The average Bonchev–Trinajstić information content (AvgIpc) is 3.08. The van der Waals surface area contributed by atoms with Crippen molar-refractivity contribution in [3.8, 4) is 0 Å². The van der Waals surface area contributed by atoms with Gasteiger partial charge in [-0.05, 0) is 37.1 Å². The predicted molar refractivity (Wildman–Crippen MR) is 104 cm³/mol. The van der Waals surface area contributed by atoms with Crippen LogP contribution < -0.4 is 10.6 Å². The van der Waals surface area contributed by atoms with Crippen molar-refractivity contribution in [3.63, 3.8) is 0 Å². The number of esters is 1. The molecule has 3 amide bonds. The summed E-state index contributed by atoms with van der Waals surface area (Å²) in [6.45, 7) is 3.25. The van der Waals surface area contributed by atoms with Crippen molar-refractivity contribution < 1.29 is 27.9 Å². The number of imide groups is 1. The molecule has 8 heteroatoms. The zero-order valence-electron chi connectivity index (χ0n) is 15.9. The van der Waals surface area contributed by atoms with Crippen molar-refractivity contribution in [1.29, 1.82) is 0 Å². The summed E-state index contributed by atoms with van der Waals surface area (Å²) in [6, 6.07) is 8.38. The number of anilines is 1. The number of nitrogens with one attached hydrogen (secondary N) is 2. The number of hydrogen-bond donors (Lipinski definition) is 2. The van der Waals surface area contributed by atoms with E-state index in [9.17, 15) is 18.8 Å². The van der Waals surface area contributed by atoms with E-state index in [0.29, 0.717) is 11.1 Å². The number of carbonyl (C=O) groups is 3. The van der Waals surface area contributed by atoms with E-state index < -0.39 is 30.3 Å². The summed E-state index contributed by atoms with van der Waals surface area (Å²) in [4.78, 5) is 35.5. The van der Waals surface area contributed by atoms with E-state index in [1.165, 1.54) is 30.5 Å². The zero-order valence-corrected chi connectivity index (χ0v) is 15.9. The molecule has 0 aliphatic rings. The lowest BCUT2D eigenvalue weighted by Gasteiger charge is -2.08. The highest BCUT2D eigenvalue weighted by Crippen LogP contribution is 2.26. The maximum absolute atomic E-state index is 13.5. The van der Waals surface area contributed by atoms with Gasteiger partial charge in [-0.3, -0.25) is 14.9 Å². The van der Waals surface area contributed by atoms with Gasteiger partial charge < -0.3 is 14.5 Å². The molecular weight excluding hydrogens is 379 g/mol. The highest BCUT2D eigenvalue weighted by Gasteiger charge is 2.16. The smallest absolute Gasteiger partial charge is 0.326 e. The third-order valence-electron chi connectivity index (χ3n) is 4.42. The predicted octanol–water partition coefficient (Wildman–Crippen LogP) is 3.62. The van der Waals surface area contributed by atoms with Crippen LogP contribution in [0.5, 0.6) is 0 Å². The van der Waals surface area contributed by atoms with E-state index in [1.54, 1.807) is 0 Å². The first-order valence-corrected chi connectivity index (χ1v) is 8.82. The van der Waals surface area contributed by atoms with E-state index in [-0.39, 0.29) is 12.1 Å². The number of furan rings is 1. The summed E-state index contributed by atoms with van der Waals surface area (Å²) in [5.74, 6) is -2.12. The molecule has 29 heavy (non-hydrogen) atoms. The van der Waals surface area contributed by atoms with Gasteiger partial charge in [0.15, 0.2) is 6.61 Å². The minimum atomic E-state index is -0.928. The average molecular weight is 398 g/mol. The van der Waals surface area contributed by atoms with E-state index in [4.69, 9.17) is 9.15 Å². The fourth-order valence-electron chi connectivity index (χ4n) is 2.76. The van der Waals surface area contributed by atoms with Crippen LogP contribution >= 0.6 is 0 Å². The number of hydrogen-bond acceptors (Lipinski definition) is 5. The summed E-state index contributed by atoms with van der Waals surface area (Å²) in [5, 5.41) is 4.96. The van der Waals surface area contributed by atoms with Gasteiger partial charge in [-0.1, -0.05) is 24.3 Å². The summed E-state index contributed by atoms with van der Waals surface area (Å²) >= 11 is 0. The fraction of sp³-hybridized carbons (Fsp3) is 0.190. The molecule has 0 unspecified atom stereocenters. The second kappa shape index (κ2) is 8.55. The Balaban J connectivity index is 1.50. The van der Waals surface area contributed by atoms with Gasteiger partial charge in [-0.25, -0.2) is 9.18 Å². The lowest BCUT2D eigenvalue weighted by molar-refractivity contribution is -0.147. The van der Waals surface area contributed by atoms with Crippen molar-refractivity contribution in [1.82, 2.24) is 5.32 Å². The van der Waals surface area contributed by atoms with Crippen molar-refractivity contribution >= 4 is 34.6 Å². The second-order valence-electron chi connectivity index (χ2n) is 6.46. The first-order chi connectivity index (χ1) is 13.8. The largest absolute Gasteiger partial charge is 0.464 e. The Morgan fingerprint density at radius 2 is 1.86 bits per heavy atom. The zero-order chi connectivity index (χ0) is 21.0. The van der Waals surface area contributed by atoms with E-state index in [1.807, 2.05) is 31.3 Å². The molecule has 0 saturated carbocycles. The lowest BCUT2D eigenvalue weighted by atomic mass is 10.0. The molecule has 0 aliphatic carbocycles. The van der Waals surface area contributed by atoms with Crippen LogP contribution in [0.15, 0.2) is 47.1 Å². The molecule has 1 heterocycles. The van der Waals surface area contributed by atoms with Crippen LogP contribution in [0.2, 0.25) is 0 Å². The lowest BCUT2D eigenvalue weighted by Crippen LogP contribution is -2.37. The fourth-order valence-corrected chi connectivity index (χ4v) is 2.76. The van der Waals surface area contributed by atoms with Crippen LogP contribution in [0.1, 0.15) is 16.7 Å². The number of benzene rings is 2. The summed E-state index contributed by atoms with van der Waals surface area (Å²) in [5.41, 5.74) is 3.34. The minimum Gasteiger partial charge on any atom is -0.464 e. The van der Waals surface area contributed by atoms with E-state index in [2.05, 4.69) is 5.32 Å². The van der Waals surface area contributed by atoms with Crippen molar-refractivity contribution in [2.75, 3.05) is 11.9 Å². The Hall–Kier alpha value is -3.68. The Kier molecular flexibility index (Phi) is 5.92. The van der Waals surface area contributed by atoms with Gasteiger partial charge in [0.1, 0.15) is 11.4 Å². The molecule has 2 N–H and O–H groups in total. The van der Waals surface area contributed by atoms with Gasteiger partial charge in [0.2, 0.25) is 0 Å². The Morgan fingerprint density at radius 1 is 1.10 bits per heavy atom. The molecule has 2 aromatic carbocycles. The number of ether oxygens (including phenoxy) is 1. The van der Waals surface area contributed by atoms with Crippen LogP contribution in [0.25, 0.3) is 11.0 Å². The molecule has 3 rings (SSSR count). The Labute approximate surface area is 165 Å². The second-order valence-corrected chi connectivity index (χ2v) is 6.46. The summed E-state index contributed by atoms with van der Waals surface area (Å²) in [6.07, 6.45) is 1.41. The van der Waals surface area contributed by atoms with Crippen LogP contribution in [0.3, 0.4) is 0 Å².